The highest BCUT2D eigenvalue weighted by Gasteiger charge is 2.28. The molecule has 0 aromatic carbocycles. The standard InChI is InChI=1S/C13H24N2O2/c16-8-2-4-12-3-1-7-15(12)13(17)10-14-9-11-5-6-11/h11-12,14,16H,1-10H2. The smallest absolute Gasteiger partial charge is 0.236 e. The number of carbonyl (C=O) groups is 1. The summed E-state index contributed by atoms with van der Waals surface area (Å²) >= 11 is 0. The van der Waals surface area contributed by atoms with Gasteiger partial charge in [0.05, 0.1) is 6.54 Å². The van der Waals surface area contributed by atoms with Crippen LogP contribution in [0.2, 0.25) is 0 Å². The monoisotopic (exact) mass is 240 g/mol. The Bertz CT molecular complexity index is 254. The van der Waals surface area contributed by atoms with E-state index in [2.05, 4.69) is 5.32 Å². The molecular formula is C13H24N2O2. The first-order valence-electron chi connectivity index (χ1n) is 6.92. The molecule has 2 rings (SSSR count). The Balaban J connectivity index is 1.68. The van der Waals surface area contributed by atoms with Crippen molar-refractivity contribution in [3.63, 3.8) is 0 Å². The van der Waals surface area contributed by atoms with E-state index < -0.39 is 0 Å². The number of nitrogens with one attached hydrogen (secondary N) is 1. The zero-order chi connectivity index (χ0) is 12.1. The van der Waals surface area contributed by atoms with Crippen molar-refractivity contribution in [3.05, 3.63) is 0 Å². The minimum Gasteiger partial charge on any atom is -0.396 e. The maximum absolute atomic E-state index is 12.0. The van der Waals surface area contributed by atoms with Crippen LogP contribution in [0.3, 0.4) is 0 Å². The van der Waals surface area contributed by atoms with Crippen LogP contribution in [0.4, 0.5) is 0 Å². The molecule has 1 saturated heterocycles. The van der Waals surface area contributed by atoms with Gasteiger partial charge in [-0.3, -0.25) is 4.79 Å². The quantitative estimate of drug-likeness (QED) is 0.690. The highest BCUT2D eigenvalue weighted by Crippen LogP contribution is 2.27. The van der Waals surface area contributed by atoms with Gasteiger partial charge in [-0.05, 0) is 51.0 Å². The SMILES string of the molecule is O=C(CNCC1CC1)N1CCCC1CCCO. The molecule has 2 fully saturated rings. The van der Waals surface area contributed by atoms with E-state index in [4.69, 9.17) is 5.11 Å². The zero-order valence-electron chi connectivity index (χ0n) is 10.5. The van der Waals surface area contributed by atoms with Crippen LogP contribution in [0, 0.1) is 5.92 Å². The zero-order valence-corrected chi connectivity index (χ0v) is 10.5. The minimum atomic E-state index is 0.235. The predicted molar refractivity (Wildman–Crippen MR) is 66.6 cm³/mol. The molecule has 0 aromatic rings. The summed E-state index contributed by atoms with van der Waals surface area (Å²) in [7, 11) is 0. The highest BCUT2D eigenvalue weighted by atomic mass is 16.3. The van der Waals surface area contributed by atoms with Gasteiger partial charge in [-0.25, -0.2) is 0 Å². The lowest BCUT2D eigenvalue weighted by Gasteiger charge is -2.24. The van der Waals surface area contributed by atoms with Crippen LogP contribution in [0.15, 0.2) is 0 Å². The number of carbonyl (C=O) groups excluding carboxylic acids is 1. The molecule has 1 amide bonds. The summed E-state index contributed by atoms with van der Waals surface area (Å²) in [5.41, 5.74) is 0. The van der Waals surface area contributed by atoms with Crippen LogP contribution < -0.4 is 5.32 Å². The molecule has 1 heterocycles. The maximum Gasteiger partial charge on any atom is 0.236 e. The van der Waals surface area contributed by atoms with E-state index >= 15 is 0 Å². The van der Waals surface area contributed by atoms with Crippen molar-refractivity contribution in [1.29, 1.82) is 0 Å². The molecule has 1 aliphatic heterocycles. The molecule has 0 aromatic heterocycles. The number of nitrogens with zero attached hydrogens (tertiary/aromatic N) is 1. The number of amides is 1. The van der Waals surface area contributed by atoms with Gasteiger partial charge in [0.2, 0.25) is 5.91 Å². The molecule has 17 heavy (non-hydrogen) atoms. The van der Waals surface area contributed by atoms with Crippen molar-refractivity contribution in [2.24, 2.45) is 5.92 Å². The molecule has 1 unspecified atom stereocenters. The summed E-state index contributed by atoms with van der Waals surface area (Å²) in [6.45, 7) is 2.63. The van der Waals surface area contributed by atoms with Gasteiger partial charge in [0.25, 0.3) is 0 Å². The molecule has 0 radical (unpaired) electrons. The molecule has 98 valence electrons. The predicted octanol–water partition coefficient (Wildman–Crippen LogP) is 0.749. The van der Waals surface area contributed by atoms with Crippen LogP contribution in [0.5, 0.6) is 0 Å². The Hall–Kier alpha value is -0.610. The third-order valence-electron chi connectivity index (χ3n) is 3.80. The summed E-state index contributed by atoms with van der Waals surface area (Å²) in [6.07, 6.45) is 6.63. The molecular weight excluding hydrogens is 216 g/mol. The van der Waals surface area contributed by atoms with Crippen LogP contribution in [-0.2, 0) is 4.79 Å². The Morgan fingerprint density at radius 2 is 2.18 bits per heavy atom. The van der Waals surface area contributed by atoms with Gasteiger partial charge in [0.15, 0.2) is 0 Å². The van der Waals surface area contributed by atoms with E-state index in [-0.39, 0.29) is 12.5 Å². The van der Waals surface area contributed by atoms with Gasteiger partial charge in [-0.2, -0.15) is 0 Å². The Kier molecular flexibility index (Phi) is 4.80. The third kappa shape index (κ3) is 3.96. The van der Waals surface area contributed by atoms with Crippen LogP contribution in [0.25, 0.3) is 0 Å². The number of aliphatic hydroxyl groups excluding tert-OH is 1. The Morgan fingerprint density at radius 1 is 1.35 bits per heavy atom. The number of aliphatic hydroxyl groups is 1. The van der Waals surface area contributed by atoms with Crippen molar-refractivity contribution in [1.82, 2.24) is 10.2 Å². The topological polar surface area (TPSA) is 52.6 Å². The van der Waals surface area contributed by atoms with Gasteiger partial charge < -0.3 is 15.3 Å². The molecule has 1 saturated carbocycles. The summed E-state index contributed by atoms with van der Waals surface area (Å²) in [5.74, 6) is 1.07. The number of hydrogen-bond acceptors (Lipinski definition) is 3. The van der Waals surface area contributed by atoms with Crippen molar-refractivity contribution < 1.29 is 9.90 Å². The fraction of sp³-hybridized carbons (Fsp3) is 0.923. The van der Waals surface area contributed by atoms with Gasteiger partial charge in [0.1, 0.15) is 0 Å². The van der Waals surface area contributed by atoms with E-state index in [0.717, 1.165) is 44.7 Å². The summed E-state index contributed by atoms with van der Waals surface area (Å²) in [4.78, 5) is 14.0. The average molecular weight is 240 g/mol. The van der Waals surface area contributed by atoms with Gasteiger partial charge in [-0.1, -0.05) is 0 Å². The van der Waals surface area contributed by atoms with Gasteiger partial charge in [-0.15, -0.1) is 0 Å². The summed E-state index contributed by atoms with van der Waals surface area (Å²) in [5, 5.41) is 12.1. The maximum atomic E-state index is 12.0. The molecule has 2 aliphatic rings. The first-order chi connectivity index (χ1) is 8.31. The second-order valence-corrected chi connectivity index (χ2v) is 5.32. The van der Waals surface area contributed by atoms with Crippen LogP contribution >= 0.6 is 0 Å². The van der Waals surface area contributed by atoms with E-state index in [9.17, 15) is 4.79 Å². The third-order valence-corrected chi connectivity index (χ3v) is 3.80. The first-order valence-corrected chi connectivity index (χ1v) is 6.92. The summed E-state index contributed by atoms with van der Waals surface area (Å²) < 4.78 is 0. The molecule has 1 aliphatic carbocycles. The van der Waals surface area contributed by atoms with Crippen LogP contribution in [0.1, 0.15) is 38.5 Å². The second kappa shape index (κ2) is 6.36. The second-order valence-electron chi connectivity index (χ2n) is 5.32. The fourth-order valence-corrected chi connectivity index (χ4v) is 2.60. The molecule has 2 N–H and O–H groups in total. The number of hydrogen-bond donors (Lipinski definition) is 2. The number of rotatable bonds is 7. The average Bonchev–Trinajstić information content (AvgIpc) is 3.03. The molecule has 1 atom stereocenters. The minimum absolute atomic E-state index is 0.235. The highest BCUT2D eigenvalue weighted by molar-refractivity contribution is 5.78. The fourth-order valence-electron chi connectivity index (χ4n) is 2.60. The van der Waals surface area contributed by atoms with Crippen molar-refractivity contribution in [2.45, 2.75) is 44.6 Å². The summed E-state index contributed by atoms with van der Waals surface area (Å²) in [6, 6.07) is 0.373. The lowest BCUT2D eigenvalue weighted by atomic mass is 10.1. The van der Waals surface area contributed by atoms with E-state index in [1.165, 1.54) is 12.8 Å². The van der Waals surface area contributed by atoms with Gasteiger partial charge >= 0.3 is 0 Å². The van der Waals surface area contributed by atoms with E-state index in [1.807, 2.05) is 4.90 Å². The molecule has 4 heteroatoms. The van der Waals surface area contributed by atoms with E-state index in [0.29, 0.717) is 12.6 Å². The molecule has 0 spiro atoms. The lowest BCUT2D eigenvalue weighted by molar-refractivity contribution is -0.131. The van der Waals surface area contributed by atoms with E-state index in [1.54, 1.807) is 0 Å². The number of likely N-dealkylation sites (tertiary alicyclic amines) is 1. The lowest BCUT2D eigenvalue weighted by Crippen LogP contribution is -2.41. The first kappa shape index (κ1) is 12.8. The normalized spacial score (nSPS) is 24.3. The molecule has 0 bridgehead atoms. The van der Waals surface area contributed by atoms with Crippen molar-refractivity contribution >= 4 is 5.91 Å². The molecule has 4 nitrogen and oxygen atoms in total. The van der Waals surface area contributed by atoms with Crippen molar-refractivity contribution in [3.8, 4) is 0 Å². The largest absolute Gasteiger partial charge is 0.396 e. The van der Waals surface area contributed by atoms with Crippen LogP contribution in [-0.4, -0.2) is 48.2 Å². The van der Waals surface area contributed by atoms with Crippen molar-refractivity contribution in [2.75, 3.05) is 26.2 Å². The Labute approximate surface area is 103 Å². The Morgan fingerprint density at radius 3 is 2.88 bits per heavy atom. The van der Waals surface area contributed by atoms with Gasteiger partial charge in [0, 0.05) is 19.2 Å².